The lowest BCUT2D eigenvalue weighted by molar-refractivity contribution is 1.12. The van der Waals surface area contributed by atoms with Crippen molar-refractivity contribution in [1.82, 2.24) is 9.97 Å². The van der Waals surface area contributed by atoms with Crippen LogP contribution >= 0.6 is 15.9 Å². The molecular weight excluding hydrogens is 264 g/mol. The Balaban J connectivity index is 2.07. The first-order chi connectivity index (χ1) is 7.83. The Morgan fingerprint density at radius 1 is 1.12 bits per heavy atom. The van der Waals surface area contributed by atoms with E-state index in [1.165, 1.54) is 22.2 Å². The van der Waals surface area contributed by atoms with Crippen LogP contribution in [0.4, 0.5) is 0 Å². The number of aromatic amines is 2. The molecule has 3 heteroatoms. The molecule has 0 aliphatic rings. The van der Waals surface area contributed by atoms with E-state index in [1.54, 1.807) is 0 Å². The monoisotopic (exact) mass is 274 g/mol. The first kappa shape index (κ1) is 9.73. The van der Waals surface area contributed by atoms with Crippen LogP contribution in [0, 0.1) is 0 Å². The summed E-state index contributed by atoms with van der Waals surface area (Å²) in [5.41, 5.74) is 3.74. The molecule has 3 rings (SSSR count). The summed E-state index contributed by atoms with van der Waals surface area (Å²) in [7, 11) is 0. The van der Waals surface area contributed by atoms with E-state index in [4.69, 9.17) is 0 Å². The maximum Gasteiger partial charge on any atom is 0.0457 e. The number of hydrogen-bond donors (Lipinski definition) is 2. The zero-order valence-corrected chi connectivity index (χ0v) is 10.2. The highest BCUT2D eigenvalue weighted by atomic mass is 79.9. The van der Waals surface area contributed by atoms with Crippen LogP contribution in [0.2, 0.25) is 0 Å². The second-order valence-corrected chi connectivity index (χ2v) is 4.79. The number of rotatable bonds is 2. The van der Waals surface area contributed by atoms with Crippen LogP contribution in [0.3, 0.4) is 0 Å². The van der Waals surface area contributed by atoms with Crippen molar-refractivity contribution in [1.29, 1.82) is 0 Å². The fourth-order valence-corrected chi connectivity index (χ4v) is 2.34. The Kier molecular flexibility index (Phi) is 2.33. The second kappa shape index (κ2) is 3.83. The topological polar surface area (TPSA) is 31.6 Å². The van der Waals surface area contributed by atoms with Gasteiger partial charge < -0.3 is 9.97 Å². The second-order valence-electron chi connectivity index (χ2n) is 3.88. The Morgan fingerprint density at radius 3 is 2.88 bits per heavy atom. The van der Waals surface area contributed by atoms with Crippen LogP contribution in [0.15, 0.2) is 47.2 Å². The number of H-pyrrole nitrogens is 2. The van der Waals surface area contributed by atoms with Gasteiger partial charge in [-0.05, 0) is 35.9 Å². The van der Waals surface area contributed by atoms with Gasteiger partial charge in [0.05, 0.1) is 0 Å². The number of hydrogen-bond acceptors (Lipinski definition) is 0. The van der Waals surface area contributed by atoms with E-state index in [1.807, 2.05) is 12.3 Å². The van der Waals surface area contributed by atoms with E-state index in [-0.39, 0.29) is 0 Å². The van der Waals surface area contributed by atoms with Gasteiger partial charge in [0, 0.05) is 39.9 Å². The summed E-state index contributed by atoms with van der Waals surface area (Å²) in [5.74, 6) is 0. The molecule has 0 saturated heterocycles. The third kappa shape index (κ3) is 1.67. The van der Waals surface area contributed by atoms with Crippen LogP contribution in [0.5, 0.6) is 0 Å². The van der Waals surface area contributed by atoms with Gasteiger partial charge in [0.1, 0.15) is 0 Å². The normalized spacial score (nSPS) is 11.1. The highest BCUT2D eigenvalue weighted by Gasteiger charge is 2.05. The third-order valence-electron chi connectivity index (χ3n) is 2.77. The van der Waals surface area contributed by atoms with Crippen molar-refractivity contribution < 1.29 is 0 Å². The molecular formula is C13H11BrN2. The van der Waals surface area contributed by atoms with Crippen molar-refractivity contribution >= 4 is 26.8 Å². The van der Waals surface area contributed by atoms with Crippen LogP contribution in [-0.4, -0.2) is 9.97 Å². The minimum Gasteiger partial charge on any atom is -0.365 e. The van der Waals surface area contributed by atoms with Crippen LogP contribution in [0.1, 0.15) is 11.3 Å². The predicted molar refractivity (Wildman–Crippen MR) is 69.6 cm³/mol. The summed E-state index contributed by atoms with van der Waals surface area (Å²) >= 11 is 3.51. The molecule has 2 heterocycles. The first-order valence-corrected chi connectivity index (χ1v) is 6.00. The van der Waals surface area contributed by atoms with Gasteiger partial charge in [-0.1, -0.05) is 15.9 Å². The minimum atomic E-state index is 0.934. The Morgan fingerprint density at radius 2 is 2.06 bits per heavy atom. The molecule has 0 fully saturated rings. The smallest absolute Gasteiger partial charge is 0.0457 e. The summed E-state index contributed by atoms with van der Waals surface area (Å²) in [4.78, 5) is 6.52. The van der Waals surface area contributed by atoms with E-state index >= 15 is 0 Å². The lowest BCUT2D eigenvalue weighted by Crippen LogP contribution is -1.85. The van der Waals surface area contributed by atoms with Crippen molar-refractivity contribution in [3.63, 3.8) is 0 Å². The quantitative estimate of drug-likeness (QED) is 0.712. The minimum absolute atomic E-state index is 0.934. The molecule has 0 amide bonds. The molecule has 16 heavy (non-hydrogen) atoms. The molecule has 1 aromatic carbocycles. The molecule has 0 bridgehead atoms. The van der Waals surface area contributed by atoms with E-state index in [0.29, 0.717) is 0 Å². The highest BCUT2D eigenvalue weighted by molar-refractivity contribution is 9.10. The average molecular weight is 275 g/mol. The van der Waals surface area contributed by atoms with Crippen molar-refractivity contribution in [2.24, 2.45) is 0 Å². The maximum atomic E-state index is 3.51. The fraction of sp³-hybridized carbons (Fsp3) is 0.0769. The first-order valence-electron chi connectivity index (χ1n) is 5.21. The highest BCUT2D eigenvalue weighted by Crippen LogP contribution is 2.24. The molecule has 0 saturated carbocycles. The summed E-state index contributed by atoms with van der Waals surface area (Å²) in [5, 5.41) is 1.28. The lowest BCUT2D eigenvalue weighted by Gasteiger charge is -1.98. The molecule has 0 radical (unpaired) electrons. The molecule has 3 aromatic rings. The Hall–Kier alpha value is -1.48. The third-order valence-corrected chi connectivity index (χ3v) is 3.27. The van der Waals surface area contributed by atoms with Gasteiger partial charge in [-0.3, -0.25) is 0 Å². The number of halogens is 1. The van der Waals surface area contributed by atoms with Gasteiger partial charge >= 0.3 is 0 Å². The van der Waals surface area contributed by atoms with Crippen molar-refractivity contribution in [2.45, 2.75) is 6.42 Å². The molecule has 0 spiro atoms. The van der Waals surface area contributed by atoms with E-state index < -0.39 is 0 Å². The standard InChI is InChI=1S/C13H11BrN2/c14-10-3-4-13-12(7-10)9(8-16-13)6-11-2-1-5-15-11/h1-5,7-8,15-16H,6H2. The number of fused-ring (bicyclic) bond motifs is 1. The summed E-state index contributed by atoms with van der Waals surface area (Å²) in [6, 6.07) is 10.4. The van der Waals surface area contributed by atoms with Crippen molar-refractivity contribution in [2.75, 3.05) is 0 Å². The Labute approximate surface area is 102 Å². The summed E-state index contributed by atoms with van der Waals surface area (Å²) < 4.78 is 1.12. The fourth-order valence-electron chi connectivity index (χ4n) is 1.98. The Bertz CT molecular complexity index is 608. The van der Waals surface area contributed by atoms with Crippen molar-refractivity contribution in [3.8, 4) is 0 Å². The maximum absolute atomic E-state index is 3.51. The molecule has 0 unspecified atom stereocenters. The molecule has 2 N–H and O–H groups in total. The van der Waals surface area contributed by atoms with E-state index in [2.05, 4.69) is 56.4 Å². The van der Waals surface area contributed by atoms with Crippen LogP contribution < -0.4 is 0 Å². The summed E-state index contributed by atoms with van der Waals surface area (Å²) in [6.45, 7) is 0. The molecule has 80 valence electrons. The van der Waals surface area contributed by atoms with Crippen LogP contribution in [0.25, 0.3) is 10.9 Å². The number of aromatic nitrogens is 2. The van der Waals surface area contributed by atoms with Gasteiger partial charge in [-0.2, -0.15) is 0 Å². The van der Waals surface area contributed by atoms with E-state index in [9.17, 15) is 0 Å². The zero-order chi connectivity index (χ0) is 11.0. The van der Waals surface area contributed by atoms with E-state index in [0.717, 1.165) is 10.9 Å². The molecule has 0 atom stereocenters. The molecule has 0 aliphatic heterocycles. The van der Waals surface area contributed by atoms with Crippen molar-refractivity contribution in [3.05, 3.63) is 58.5 Å². The molecule has 2 nitrogen and oxygen atoms in total. The molecule has 0 aliphatic carbocycles. The number of benzene rings is 1. The SMILES string of the molecule is Brc1ccc2[nH]cc(Cc3ccc[nH]3)c2c1. The van der Waals surface area contributed by atoms with Gasteiger partial charge in [0.2, 0.25) is 0 Å². The van der Waals surface area contributed by atoms with Crippen LogP contribution in [-0.2, 0) is 6.42 Å². The molecule has 2 aromatic heterocycles. The van der Waals surface area contributed by atoms with Gasteiger partial charge in [0.25, 0.3) is 0 Å². The summed E-state index contributed by atoms with van der Waals surface area (Å²) in [6.07, 6.45) is 4.97. The number of nitrogens with one attached hydrogen (secondary N) is 2. The largest absolute Gasteiger partial charge is 0.365 e. The predicted octanol–water partition coefficient (Wildman–Crippen LogP) is 3.85. The average Bonchev–Trinajstić information content (AvgIpc) is 2.90. The van der Waals surface area contributed by atoms with Gasteiger partial charge in [-0.25, -0.2) is 0 Å². The van der Waals surface area contributed by atoms with Gasteiger partial charge in [0.15, 0.2) is 0 Å². The zero-order valence-electron chi connectivity index (χ0n) is 8.63. The van der Waals surface area contributed by atoms with Gasteiger partial charge in [-0.15, -0.1) is 0 Å². The lowest BCUT2D eigenvalue weighted by atomic mass is 10.1.